The van der Waals surface area contributed by atoms with Gasteiger partial charge in [0.25, 0.3) is 0 Å². The van der Waals surface area contributed by atoms with Crippen LogP contribution in [-0.4, -0.2) is 36.3 Å². The third-order valence-electron chi connectivity index (χ3n) is 4.30. The van der Waals surface area contributed by atoms with E-state index in [4.69, 9.17) is 8.83 Å². The van der Waals surface area contributed by atoms with Gasteiger partial charge >= 0.3 is 0 Å². The van der Waals surface area contributed by atoms with E-state index in [-0.39, 0.29) is 11.9 Å². The first-order valence-electron chi connectivity index (χ1n) is 7.99. The zero-order chi connectivity index (χ0) is 17.1. The van der Waals surface area contributed by atoms with Gasteiger partial charge in [0.2, 0.25) is 5.91 Å². The quantitative estimate of drug-likeness (QED) is 0.693. The van der Waals surface area contributed by atoms with Crippen molar-refractivity contribution in [2.24, 2.45) is 0 Å². The summed E-state index contributed by atoms with van der Waals surface area (Å²) in [5.41, 5.74) is 0.869. The third-order valence-corrected chi connectivity index (χ3v) is 4.30. The minimum absolute atomic E-state index is 0.0124. The molecule has 5 heteroatoms. The molecule has 1 unspecified atom stereocenters. The van der Waals surface area contributed by atoms with Crippen molar-refractivity contribution >= 4 is 16.9 Å². The number of carbonyl (C=O) groups is 1. The number of likely N-dealkylation sites (N-methyl/N-ethyl adjacent to an activating group) is 2. The Morgan fingerprint density at radius 2 is 1.96 bits per heavy atom. The average Bonchev–Trinajstić information content (AvgIpc) is 3.22. The fraction of sp³-hybridized carbons (Fsp3) is 0.316. The van der Waals surface area contributed by atoms with Gasteiger partial charge in [-0.3, -0.25) is 9.69 Å². The summed E-state index contributed by atoms with van der Waals surface area (Å²) in [6, 6.07) is 13.7. The molecule has 1 atom stereocenters. The molecule has 2 heterocycles. The number of hydrogen-bond acceptors (Lipinski definition) is 4. The maximum Gasteiger partial charge on any atom is 0.236 e. The highest BCUT2D eigenvalue weighted by Crippen LogP contribution is 2.26. The molecule has 2 aromatic heterocycles. The maximum absolute atomic E-state index is 12.4. The van der Waals surface area contributed by atoms with E-state index in [9.17, 15) is 4.79 Å². The summed E-state index contributed by atoms with van der Waals surface area (Å²) in [7, 11) is 3.71. The predicted molar refractivity (Wildman–Crippen MR) is 92.4 cm³/mol. The molecule has 3 aromatic rings. The Hall–Kier alpha value is -2.53. The lowest BCUT2D eigenvalue weighted by molar-refractivity contribution is -0.132. The van der Waals surface area contributed by atoms with Crippen LogP contribution in [0.2, 0.25) is 0 Å². The van der Waals surface area contributed by atoms with Gasteiger partial charge in [-0.15, -0.1) is 0 Å². The number of carbonyl (C=O) groups excluding carboxylic acids is 1. The van der Waals surface area contributed by atoms with Gasteiger partial charge in [-0.25, -0.2) is 0 Å². The van der Waals surface area contributed by atoms with Crippen molar-refractivity contribution in [3.63, 3.8) is 0 Å². The molecular formula is C19H22N2O3. The summed E-state index contributed by atoms with van der Waals surface area (Å²) in [5, 5.41) is 1.08. The molecular weight excluding hydrogens is 304 g/mol. The van der Waals surface area contributed by atoms with E-state index in [0.29, 0.717) is 13.1 Å². The molecule has 0 radical (unpaired) electrons. The van der Waals surface area contributed by atoms with Gasteiger partial charge in [-0.1, -0.05) is 18.2 Å². The van der Waals surface area contributed by atoms with Gasteiger partial charge in [0.1, 0.15) is 17.1 Å². The molecule has 5 nitrogen and oxygen atoms in total. The normalized spacial score (nSPS) is 12.7. The number of benzene rings is 1. The Balaban J connectivity index is 1.62. The van der Waals surface area contributed by atoms with Crippen molar-refractivity contribution in [2.45, 2.75) is 19.5 Å². The minimum atomic E-state index is 0.0124. The van der Waals surface area contributed by atoms with Crippen LogP contribution in [0, 0.1) is 0 Å². The van der Waals surface area contributed by atoms with Gasteiger partial charge in [0.05, 0.1) is 25.4 Å². The second kappa shape index (κ2) is 6.93. The average molecular weight is 326 g/mol. The second-order valence-corrected chi connectivity index (χ2v) is 6.11. The van der Waals surface area contributed by atoms with Crippen molar-refractivity contribution in [1.82, 2.24) is 9.80 Å². The topological polar surface area (TPSA) is 49.8 Å². The van der Waals surface area contributed by atoms with Crippen LogP contribution >= 0.6 is 0 Å². The summed E-state index contributed by atoms with van der Waals surface area (Å²) in [5.74, 6) is 1.68. The van der Waals surface area contributed by atoms with E-state index < -0.39 is 0 Å². The zero-order valence-electron chi connectivity index (χ0n) is 14.2. The molecule has 0 aliphatic rings. The summed E-state index contributed by atoms with van der Waals surface area (Å²) < 4.78 is 11.2. The fourth-order valence-corrected chi connectivity index (χ4v) is 2.62. The first-order valence-corrected chi connectivity index (χ1v) is 7.99. The Morgan fingerprint density at radius 3 is 2.67 bits per heavy atom. The van der Waals surface area contributed by atoms with Crippen molar-refractivity contribution in [2.75, 3.05) is 20.6 Å². The van der Waals surface area contributed by atoms with Crippen LogP contribution in [0.5, 0.6) is 0 Å². The number of amides is 1. The number of furan rings is 2. The molecule has 3 rings (SSSR count). The second-order valence-electron chi connectivity index (χ2n) is 6.11. The standard InChI is InChI=1S/C19H22N2O3/c1-14(18-11-15-7-4-5-9-17(15)24-18)20(2)13-19(22)21(3)12-16-8-6-10-23-16/h4-11,14H,12-13H2,1-3H3. The molecule has 126 valence electrons. The molecule has 24 heavy (non-hydrogen) atoms. The van der Waals surface area contributed by atoms with E-state index in [0.717, 1.165) is 22.5 Å². The number of fused-ring (bicyclic) bond motifs is 1. The van der Waals surface area contributed by atoms with Crippen LogP contribution in [0.1, 0.15) is 24.5 Å². The van der Waals surface area contributed by atoms with Crippen LogP contribution < -0.4 is 0 Å². The number of nitrogens with zero attached hydrogens (tertiary/aromatic N) is 2. The van der Waals surface area contributed by atoms with Gasteiger partial charge < -0.3 is 13.7 Å². The summed E-state index contributed by atoms with van der Waals surface area (Å²) in [4.78, 5) is 16.1. The van der Waals surface area contributed by atoms with Crippen molar-refractivity contribution in [3.8, 4) is 0 Å². The highest BCUT2D eigenvalue weighted by molar-refractivity contribution is 5.78. The van der Waals surface area contributed by atoms with Crippen LogP contribution in [-0.2, 0) is 11.3 Å². The van der Waals surface area contributed by atoms with Crippen molar-refractivity contribution in [1.29, 1.82) is 0 Å². The highest BCUT2D eigenvalue weighted by Gasteiger charge is 2.20. The molecule has 0 spiro atoms. The van der Waals surface area contributed by atoms with Crippen molar-refractivity contribution < 1.29 is 13.6 Å². The first-order chi connectivity index (χ1) is 11.5. The molecule has 0 saturated carbocycles. The monoisotopic (exact) mass is 326 g/mol. The van der Waals surface area contributed by atoms with Crippen LogP contribution in [0.25, 0.3) is 11.0 Å². The third kappa shape index (κ3) is 3.51. The summed E-state index contributed by atoms with van der Waals surface area (Å²) >= 11 is 0. The number of para-hydroxylation sites is 1. The van der Waals surface area contributed by atoms with E-state index in [2.05, 4.69) is 0 Å². The summed E-state index contributed by atoms with van der Waals surface area (Å²) in [6.45, 7) is 2.83. The fourth-order valence-electron chi connectivity index (χ4n) is 2.62. The lowest BCUT2D eigenvalue weighted by Crippen LogP contribution is -2.37. The summed E-state index contributed by atoms with van der Waals surface area (Å²) in [6.07, 6.45) is 1.61. The molecule has 0 bridgehead atoms. The van der Waals surface area contributed by atoms with Crippen molar-refractivity contribution in [3.05, 3.63) is 60.2 Å². The largest absolute Gasteiger partial charge is 0.467 e. The Morgan fingerprint density at radius 1 is 1.17 bits per heavy atom. The SMILES string of the molecule is CC(c1cc2ccccc2o1)N(C)CC(=O)N(C)Cc1ccco1. The van der Waals surface area contributed by atoms with Crippen LogP contribution in [0.4, 0.5) is 0 Å². The van der Waals surface area contributed by atoms with Gasteiger partial charge in [0, 0.05) is 12.4 Å². The first kappa shape index (κ1) is 16.3. The predicted octanol–water partition coefficient (Wildman–Crippen LogP) is 3.68. The number of hydrogen-bond donors (Lipinski definition) is 0. The molecule has 0 N–H and O–H groups in total. The zero-order valence-corrected chi connectivity index (χ0v) is 14.2. The molecule has 0 saturated heterocycles. The Kier molecular flexibility index (Phi) is 4.71. The number of rotatable bonds is 6. The Labute approximate surface area is 141 Å². The van der Waals surface area contributed by atoms with E-state index >= 15 is 0 Å². The molecule has 0 aliphatic heterocycles. The molecule has 0 aliphatic carbocycles. The maximum atomic E-state index is 12.4. The molecule has 0 fully saturated rings. The van der Waals surface area contributed by atoms with E-state index in [1.807, 2.05) is 61.3 Å². The van der Waals surface area contributed by atoms with Crippen LogP contribution in [0.15, 0.2) is 57.6 Å². The van der Waals surface area contributed by atoms with Gasteiger partial charge in [-0.2, -0.15) is 0 Å². The van der Waals surface area contributed by atoms with Crippen LogP contribution in [0.3, 0.4) is 0 Å². The minimum Gasteiger partial charge on any atom is -0.467 e. The van der Waals surface area contributed by atoms with E-state index in [1.54, 1.807) is 18.2 Å². The molecule has 1 amide bonds. The lowest BCUT2D eigenvalue weighted by Gasteiger charge is -2.25. The van der Waals surface area contributed by atoms with Gasteiger partial charge in [0.15, 0.2) is 0 Å². The highest BCUT2D eigenvalue weighted by atomic mass is 16.3. The lowest BCUT2D eigenvalue weighted by atomic mass is 10.2. The van der Waals surface area contributed by atoms with E-state index in [1.165, 1.54) is 0 Å². The smallest absolute Gasteiger partial charge is 0.236 e. The molecule has 1 aromatic carbocycles. The van der Waals surface area contributed by atoms with Gasteiger partial charge in [-0.05, 0) is 38.2 Å². The Bertz CT molecular complexity index is 774.